The molecule has 0 unspecified atom stereocenters. The first-order valence-electron chi connectivity index (χ1n) is 5.99. The highest BCUT2D eigenvalue weighted by Crippen LogP contribution is 2.31. The molecule has 0 fully saturated rings. The Morgan fingerprint density at radius 1 is 1.11 bits per heavy atom. The summed E-state index contributed by atoms with van der Waals surface area (Å²) in [6, 6.07) is 13.6. The van der Waals surface area contributed by atoms with E-state index >= 15 is 0 Å². The number of hydrogen-bond acceptors (Lipinski definition) is 2. The summed E-state index contributed by atoms with van der Waals surface area (Å²) in [5.41, 5.74) is 7.73. The van der Waals surface area contributed by atoms with Crippen LogP contribution in [0.3, 0.4) is 0 Å². The van der Waals surface area contributed by atoms with Crippen LogP contribution in [0.2, 0.25) is 5.02 Å². The van der Waals surface area contributed by atoms with E-state index in [4.69, 9.17) is 22.1 Å². The van der Waals surface area contributed by atoms with Crippen LogP contribution in [0, 0.1) is 0 Å². The van der Waals surface area contributed by atoms with Crippen LogP contribution in [-0.2, 0) is 13.0 Å². The van der Waals surface area contributed by atoms with Crippen molar-refractivity contribution in [1.29, 1.82) is 0 Å². The molecule has 0 saturated carbocycles. The molecule has 2 nitrogen and oxygen atoms in total. The first-order chi connectivity index (χ1) is 8.74. The Bertz CT molecular complexity index is 540. The second-order valence-electron chi connectivity index (χ2n) is 4.03. The van der Waals surface area contributed by atoms with Gasteiger partial charge in [0.1, 0.15) is 11.5 Å². The highest BCUT2D eigenvalue weighted by atomic mass is 35.5. The topological polar surface area (TPSA) is 35.2 Å². The van der Waals surface area contributed by atoms with Gasteiger partial charge in [-0.1, -0.05) is 42.8 Å². The highest BCUT2D eigenvalue weighted by molar-refractivity contribution is 6.32. The maximum Gasteiger partial charge on any atom is 0.146 e. The van der Waals surface area contributed by atoms with Gasteiger partial charge in [-0.05, 0) is 35.7 Å². The highest BCUT2D eigenvalue weighted by Gasteiger charge is 2.06. The third-order valence-electron chi connectivity index (χ3n) is 2.81. The summed E-state index contributed by atoms with van der Waals surface area (Å²) in [6.07, 6.45) is 0.925. The van der Waals surface area contributed by atoms with Gasteiger partial charge in [-0.25, -0.2) is 0 Å². The van der Waals surface area contributed by atoms with Crippen LogP contribution in [0.25, 0.3) is 0 Å². The predicted molar refractivity (Wildman–Crippen MR) is 75.2 cm³/mol. The van der Waals surface area contributed by atoms with E-state index < -0.39 is 0 Å². The lowest BCUT2D eigenvalue weighted by Gasteiger charge is -2.11. The first kappa shape index (κ1) is 12.9. The Morgan fingerprint density at radius 3 is 2.56 bits per heavy atom. The van der Waals surface area contributed by atoms with Crippen LogP contribution in [0.1, 0.15) is 18.1 Å². The van der Waals surface area contributed by atoms with E-state index in [0.29, 0.717) is 17.3 Å². The minimum Gasteiger partial charge on any atom is -0.456 e. The molecular formula is C15H16ClNO. The van der Waals surface area contributed by atoms with Crippen LogP contribution < -0.4 is 10.5 Å². The summed E-state index contributed by atoms with van der Waals surface area (Å²) >= 11 is 6.17. The Kier molecular flexibility index (Phi) is 4.24. The van der Waals surface area contributed by atoms with E-state index in [0.717, 1.165) is 23.3 Å². The summed E-state index contributed by atoms with van der Waals surface area (Å²) in [6.45, 7) is 2.58. The van der Waals surface area contributed by atoms with Gasteiger partial charge in [0.25, 0.3) is 0 Å². The van der Waals surface area contributed by atoms with Crippen LogP contribution >= 0.6 is 11.6 Å². The number of ether oxygens (including phenoxy) is 1. The third kappa shape index (κ3) is 2.84. The minimum absolute atomic E-state index is 0.478. The van der Waals surface area contributed by atoms with Crippen molar-refractivity contribution in [1.82, 2.24) is 0 Å². The maximum absolute atomic E-state index is 6.17. The molecule has 0 amide bonds. The normalized spacial score (nSPS) is 10.4. The van der Waals surface area contributed by atoms with Crippen molar-refractivity contribution in [2.24, 2.45) is 5.73 Å². The fourth-order valence-corrected chi connectivity index (χ4v) is 2.01. The van der Waals surface area contributed by atoms with Crippen LogP contribution in [0.15, 0.2) is 42.5 Å². The zero-order chi connectivity index (χ0) is 13.0. The number of aryl methyl sites for hydroxylation is 1. The molecule has 2 N–H and O–H groups in total. The third-order valence-corrected chi connectivity index (χ3v) is 3.10. The lowest BCUT2D eigenvalue weighted by atomic mass is 10.1. The zero-order valence-corrected chi connectivity index (χ0v) is 11.1. The van der Waals surface area contributed by atoms with Crippen molar-refractivity contribution in [2.45, 2.75) is 19.9 Å². The molecular weight excluding hydrogens is 246 g/mol. The Balaban J connectivity index is 2.28. The molecule has 18 heavy (non-hydrogen) atoms. The van der Waals surface area contributed by atoms with Gasteiger partial charge >= 0.3 is 0 Å². The van der Waals surface area contributed by atoms with E-state index in [9.17, 15) is 0 Å². The van der Waals surface area contributed by atoms with E-state index in [2.05, 4.69) is 13.0 Å². The molecule has 0 aliphatic rings. The Labute approximate surface area is 112 Å². The molecule has 2 aromatic rings. The van der Waals surface area contributed by atoms with Gasteiger partial charge in [0.2, 0.25) is 0 Å². The van der Waals surface area contributed by atoms with E-state index in [1.165, 1.54) is 0 Å². The van der Waals surface area contributed by atoms with Crippen LogP contribution in [0.5, 0.6) is 11.5 Å². The summed E-state index contributed by atoms with van der Waals surface area (Å²) < 4.78 is 5.86. The SMILES string of the molecule is CCc1ccccc1Oc1ccc(CN)cc1Cl. The molecule has 0 aliphatic carbocycles. The average Bonchev–Trinajstić information content (AvgIpc) is 2.41. The number of hydrogen-bond donors (Lipinski definition) is 1. The van der Waals surface area contributed by atoms with Crippen molar-refractivity contribution in [2.75, 3.05) is 0 Å². The zero-order valence-electron chi connectivity index (χ0n) is 10.3. The number of benzene rings is 2. The molecule has 0 heterocycles. The minimum atomic E-state index is 0.478. The maximum atomic E-state index is 6.17. The largest absolute Gasteiger partial charge is 0.456 e. The molecule has 0 aliphatic heterocycles. The monoisotopic (exact) mass is 261 g/mol. The quantitative estimate of drug-likeness (QED) is 0.897. The Hall–Kier alpha value is -1.51. The van der Waals surface area contributed by atoms with Gasteiger partial charge in [0, 0.05) is 6.54 Å². The van der Waals surface area contributed by atoms with Crippen molar-refractivity contribution < 1.29 is 4.74 Å². The Morgan fingerprint density at radius 2 is 1.89 bits per heavy atom. The van der Waals surface area contributed by atoms with E-state index in [1.807, 2.05) is 36.4 Å². The van der Waals surface area contributed by atoms with Gasteiger partial charge in [-0.2, -0.15) is 0 Å². The summed E-state index contributed by atoms with van der Waals surface area (Å²) in [7, 11) is 0. The summed E-state index contributed by atoms with van der Waals surface area (Å²) in [5, 5.41) is 0.587. The number of para-hydroxylation sites is 1. The molecule has 94 valence electrons. The predicted octanol–water partition coefficient (Wildman–Crippen LogP) is 4.15. The number of halogens is 1. The fourth-order valence-electron chi connectivity index (χ4n) is 1.77. The second kappa shape index (κ2) is 5.89. The average molecular weight is 262 g/mol. The standard InChI is InChI=1S/C15H16ClNO/c1-2-12-5-3-4-6-14(12)18-15-8-7-11(10-17)9-13(15)16/h3-9H,2,10,17H2,1H3. The summed E-state index contributed by atoms with van der Waals surface area (Å²) in [5.74, 6) is 1.51. The number of rotatable bonds is 4. The van der Waals surface area contributed by atoms with E-state index in [-0.39, 0.29) is 0 Å². The molecule has 0 atom stereocenters. The lowest BCUT2D eigenvalue weighted by molar-refractivity contribution is 0.477. The van der Waals surface area contributed by atoms with E-state index in [1.54, 1.807) is 0 Å². The summed E-state index contributed by atoms with van der Waals surface area (Å²) in [4.78, 5) is 0. The molecule has 0 aromatic heterocycles. The molecule has 3 heteroatoms. The van der Waals surface area contributed by atoms with Crippen LogP contribution in [-0.4, -0.2) is 0 Å². The van der Waals surface area contributed by atoms with Crippen molar-refractivity contribution in [3.8, 4) is 11.5 Å². The van der Waals surface area contributed by atoms with Crippen LogP contribution in [0.4, 0.5) is 0 Å². The van der Waals surface area contributed by atoms with Gasteiger partial charge in [-0.15, -0.1) is 0 Å². The molecule has 0 bridgehead atoms. The van der Waals surface area contributed by atoms with Gasteiger partial charge in [0.15, 0.2) is 0 Å². The van der Waals surface area contributed by atoms with Crippen molar-refractivity contribution in [3.63, 3.8) is 0 Å². The molecule has 2 rings (SSSR count). The van der Waals surface area contributed by atoms with Gasteiger partial charge in [0.05, 0.1) is 5.02 Å². The molecule has 2 aromatic carbocycles. The van der Waals surface area contributed by atoms with Crippen molar-refractivity contribution in [3.05, 3.63) is 58.6 Å². The fraction of sp³-hybridized carbons (Fsp3) is 0.200. The van der Waals surface area contributed by atoms with Crippen molar-refractivity contribution >= 4 is 11.6 Å². The molecule has 0 saturated heterocycles. The smallest absolute Gasteiger partial charge is 0.146 e. The molecule has 0 radical (unpaired) electrons. The lowest BCUT2D eigenvalue weighted by Crippen LogP contribution is -1.96. The second-order valence-corrected chi connectivity index (χ2v) is 4.44. The number of nitrogens with two attached hydrogens (primary N) is 1. The van der Waals surface area contributed by atoms with Gasteiger partial charge < -0.3 is 10.5 Å². The molecule has 0 spiro atoms. The van der Waals surface area contributed by atoms with Gasteiger partial charge in [-0.3, -0.25) is 0 Å². The first-order valence-corrected chi connectivity index (χ1v) is 6.36.